The standard InChI is InChI=1S/C16H23FN2O2/c1-3-9-19(10-4-2)16(21)12-18-15(20)11-13-5-7-14(17)8-6-13/h5-8H,3-4,9-12H2,1-2H3,(H,18,20). The number of nitrogens with zero attached hydrogens (tertiary/aromatic N) is 1. The number of halogens is 1. The highest BCUT2D eigenvalue weighted by Crippen LogP contribution is 2.03. The Bertz CT molecular complexity index is 454. The number of hydrogen-bond donors (Lipinski definition) is 1. The van der Waals surface area contributed by atoms with Gasteiger partial charge in [-0.15, -0.1) is 0 Å². The van der Waals surface area contributed by atoms with Gasteiger partial charge in [-0.05, 0) is 30.5 Å². The SMILES string of the molecule is CCCN(CCC)C(=O)CNC(=O)Cc1ccc(F)cc1. The predicted octanol–water partition coefficient (Wildman–Crippen LogP) is 2.13. The molecule has 1 rings (SSSR count). The van der Waals surface area contributed by atoms with E-state index < -0.39 is 0 Å². The topological polar surface area (TPSA) is 49.4 Å². The fraction of sp³-hybridized carbons (Fsp3) is 0.500. The van der Waals surface area contributed by atoms with Gasteiger partial charge >= 0.3 is 0 Å². The minimum Gasteiger partial charge on any atom is -0.347 e. The van der Waals surface area contributed by atoms with Crippen molar-refractivity contribution in [3.63, 3.8) is 0 Å². The van der Waals surface area contributed by atoms with E-state index in [-0.39, 0.29) is 30.6 Å². The first-order valence-electron chi connectivity index (χ1n) is 7.35. The van der Waals surface area contributed by atoms with Gasteiger partial charge in [-0.1, -0.05) is 26.0 Å². The van der Waals surface area contributed by atoms with Gasteiger partial charge in [0.15, 0.2) is 0 Å². The minimum absolute atomic E-state index is 0.0139. The number of carbonyl (C=O) groups excluding carboxylic acids is 2. The molecule has 0 fully saturated rings. The lowest BCUT2D eigenvalue weighted by Gasteiger charge is -2.21. The van der Waals surface area contributed by atoms with Gasteiger partial charge in [0.1, 0.15) is 5.82 Å². The van der Waals surface area contributed by atoms with E-state index in [1.807, 2.05) is 13.8 Å². The van der Waals surface area contributed by atoms with Crippen LogP contribution in [0, 0.1) is 5.82 Å². The normalized spacial score (nSPS) is 10.2. The third-order valence-corrected chi connectivity index (χ3v) is 3.05. The van der Waals surface area contributed by atoms with Gasteiger partial charge in [0.25, 0.3) is 0 Å². The van der Waals surface area contributed by atoms with Crippen LogP contribution in [0.15, 0.2) is 24.3 Å². The molecule has 1 N–H and O–H groups in total. The van der Waals surface area contributed by atoms with Crippen LogP contribution in [-0.2, 0) is 16.0 Å². The van der Waals surface area contributed by atoms with Crippen LogP contribution < -0.4 is 5.32 Å². The molecule has 0 radical (unpaired) electrons. The molecule has 0 saturated heterocycles. The second-order valence-electron chi connectivity index (χ2n) is 4.96. The molecule has 4 nitrogen and oxygen atoms in total. The summed E-state index contributed by atoms with van der Waals surface area (Å²) < 4.78 is 12.8. The third-order valence-electron chi connectivity index (χ3n) is 3.05. The number of amides is 2. The summed E-state index contributed by atoms with van der Waals surface area (Å²) in [5.41, 5.74) is 0.723. The maximum Gasteiger partial charge on any atom is 0.241 e. The second kappa shape index (κ2) is 9.10. The molecule has 0 atom stereocenters. The summed E-state index contributed by atoms with van der Waals surface area (Å²) in [7, 11) is 0. The summed E-state index contributed by atoms with van der Waals surface area (Å²) >= 11 is 0. The average molecular weight is 294 g/mol. The largest absolute Gasteiger partial charge is 0.347 e. The van der Waals surface area contributed by atoms with E-state index in [9.17, 15) is 14.0 Å². The summed E-state index contributed by atoms with van der Waals surface area (Å²) in [6, 6.07) is 5.77. The van der Waals surface area contributed by atoms with Gasteiger partial charge in [0.2, 0.25) is 11.8 Å². The molecule has 0 spiro atoms. The molecule has 2 amide bonds. The number of rotatable bonds is 8. The molecule has 0 aliphatic carbocycles. The van der Waals surface area contributed by atoms with Crippen molar-refractivity contribution in [1.82, 2.24) is 10.2 Å². The first kappa shape index (κ1) is 17.1. The number of carbonyl (C=O) groups is 2. The summed E-state index contributed by atoms with van der Waals surface area (Å²) in [6.45, 7) is 5.47. The number of hydrogen-bond acceptors (Lipinski definition) is 2. The van der Waals surface area contributed by atoms with Crippen molar-refractivity contribution < 1.29 is 14.0 Å². The highest BCUT2D eigenvalue weighted by atomic mass is 19.1. The maximum atomic E-state index is 12.8. The predicted molar refractivity (Wildman–Crippen MR) is 80.3 cm³/mol. The zero-order valence-corrected chi connectivity index (χ0v) is 12.7. The van der Waals surface area contributed by atoms with Crippen LogP contribution in [0.4, 0.5) is 4.39 Å². The van der Waals surface area contributed by atoms with Crippen molar-refractivity contribution in [3.8, 4) is 0 Å². The Labute approximate surface area is 125 Å². The summed E-state index contributed by atoms with van der Waals surface area (Å²) in [5, 5.41) is 2.62. The molecule has 21 heavy (non-hydrogen) atoms. The Morgan fingerprint density at radius 2 is 1.67 bits per heavy atom. The minimum atomic E-state index is -0.330. The maximum absolute atomic E-state index is 12.8. The summed E-state index contributed by atoms with van der Waals surface area (Å²) in [5.74, 6) is -0.627. The molecule has 0 aliphatic heterocycles. The number of nitrogens with one attached hydrogen (secondary N) is 1. The molecular weight excluding hydrogens is 271 g/mol. The van der Waals surface area contributed by atoms with Crippen LogP contribution in [0.2, 0.25) is 0 Å². The first-order chi connectivity index (χ1) is 10.1. The second-order valence-corrected chi connectivity index (χ2v) is 4.96. The van der Waals surface area contributed by atoms with E-state index in [0.717, 1.165) is 18.4 Å². The molecular formula is C16H23FN2O2. The summed E-state index contributed by atoms with van der Waals surface area (Å²) in [6.07, 6.45) is 1.94. The van der Waals surface area contributed by atoms with E-state index in [4.69, 9.17) is 0 Å². The molecule has 1 aromatic rings. The van der Waals surface area contributed by atoms with Crippen molar-refractivity contribution in [2.75, 3.05) is 19.6 Å². The van der Waals surface area contributed by atoms with Crippen molar-refractivity contribution in [1.29, 1.82) is 0 Å². The van der Waals surface area contributed by atoms with E-state index in [2.05, 4.69) is 5.32 Å². The number of benzene rings is 1. The van der Waals surface area contributed by atoms with Crippen LogP contribution in [0.1, 0.15) is 32.3 Å². The van der Waals surface area contributed by atoms with Crippen LogP contribution in [-0.4, -0.2) is 36.3 Å². The molecule has 0 aliphatic rings. The quantitative estimate of drug-likeness (QED) is 0.798. The van der Waals surface area contributed by atoms with Gasteiger partial charge in [0, 0.05) is 13.1 Å². The van der Waals surface area contributed by atoms with Crippen molar-refractivity contribution in [3.05, 3.63) is 35.6 Å². The van der Waals surface area contributed by atoms with Gasteiger partial charge < -0.3 is 10.2 Å². The zero-order chi connectivity index (χ0) is 15.7. The Balaban J connectivity index is 2.40. The van der Waals surface area contributed by atoms with Crippen LogP contribution >= 0.6 is 0 Å². The fourth-order valence-electron chi connectivity index (χ4n) is 2.04. The van der Waals surface area contributed by atoms with Crippen molar-refractivity contribution in [2.24, 2.45) is 0 Å². The molecule has 0 saturated carbocycles. The van der Waals surface area contributed by atoms with Crippen LogP contribution in [0.25, 0.3) is 0 Å². The van der Waals surface area contributed by atoms with Crippen LogP contribution in [0.5, 0.6) is 0 Å². The molecule has 0 aromatic heterocycles. The molecule has 0 heterocycles. The third kappa shape index (κ3) is 6.38. The zero-order valence-electron chi connectivity index (χ0n) is 12.7. The lowest BCUT2D eigenvalue weighted by Crippen LogP contribution is -2.41. The Kier molecular flexibility index (Phi) is 7.43. The lowest BCUT2D eigenvalue weighted by atomic mass is 10.1. The molecule has 0 unspecified atom stereocenters. The lowest BCUT2D eigenvalue weighted by molar-refractivity contribution is -0.132. The van der Waals surface area contributed by atoms with Crippen molar-refractivity contribution >= 4 is 11.8 Å². The van der Waals surface area contributed by atoms with Gasteiger partial charge in [-0.3, -0.25) is 9.59 Å². The smallest absolute Gasteiger partial charge is 0.241 e. The molecule has 5 heteroatoms. The Hall–Kier alpha value is -1.91. The van der Waals surface area contributed by atoms with E-state index in [1.165, 1.54) is 12.1 Å². The van der Waals surface area contributed by atoms with Crippen molar-refractivity contribution in [2.45, 2.75) is 33.1 Å². The highest BCUT2D eigenvalue weighted by Gasteiger charge is 2.13. The van der Waals surface area contributed by atoms with Crippen LogP contribution in [0.3, 0.4) is 0 Å². The first-order valence-corrected chi connectivity index (χ1v) is 7.35. The molecule has 1 aromatic carbocycles. The summed E-state index contributed by atoms with van der Waals surface area (Å²) in [4.78, 5) is 25.5. The van der Waals surface area contributed by atoms with E-state index in [1.54, 1.807) is 17.0 Å². The average Bonchev–Trinajstić information content (AvgIpc) is 2.47. The monoisotopic (exact) mass is 294 g/mol. The molecule has 116 valence electrons. The Morgan fingerprint density at radius 1 is 1.10 bits per heavy atom. The van der Waals surface area contributed by atoms with Gasteiger partial charge in [-0.2, -0.15) is 0 Å². The van der Waals surface area contributed by atoms with Gasteiger partial charge in [-0.25, -0.2) is 4.39 Å². The fourth-order valence-corrected chi connectivity index (χ4v) is 2.04. The van der Waals surface area contributed by atoms with E-state index >= 15 is 0 Å². The Morgan fingerprint density at radius 3 is 2.19 bits per heavy atom. The van der Waals surface area contributed by atoms with Gasteiger partial charge in [0.05, 0.1) is 13.0 Å². The molecule has 0 bridgehead atoms. The van der Waals surface area contributed by atoms with E-state index in [0.29, 0.717) is 13.1 Å². The highest BCUT2D eigenvalue weighted by molar-refractivity contribution is 5.85.